The first kappa shape index (κ1) is 33.3. The quantitative estimate of drug-likeness (QED) is 0.109. The molecule has 2 aromatic rings. The fourth-order valence-electron chi connectivity index (χ4n) is 3.48. The van der Waals surface area contributed by atoms with Crippen LogP contribution in [0.4, 0.5) is 0 Å². The maximum Gasteiger partial charge on any atom is 1.00 e. The van der Waals surface area contributed by atoms with Crippen molar-refractivity contribution in [3.05, 3.63) is 27.2 Å². The van der Waals surface area contributed by atoms with E-state index in [9.17, 15) is 34.2 Å². The molecule has 2 aliphatic heterocycles. The van der Waals surface area contributed by atoms with Crippen LogP contribution in [0, 0.1) is 0 Å². The van der Waals surface area contributed by atoms with Crippen LogP contribution in [0.1, 0.15) is 10.4 Å². The van der Waals surface area contributed by atoms with Crippen LogP contribution < -0.4 is 80.2 Å². The second-order valence-electron chi connectivity index (χ2n) is 7.21. The molecule has 1 saturated heterocycles. The number of aliphatic carboxylic acids is 1. The van der Waals surface area contributed by atoms with E-state index in [0.717, 1.165) is 28.2 Å². The van der Waals surface area contributed by atoms with Gasteiger partial charge in [0.15, 0.2) is 0 Å². The van der Waals surface area contributed by atoms with E-state index in [-0.39, 0.29) is 86.3 Å². The molecule has 0 spiro atoms. The molecule has 2 aromatic heterocycles. The van der Waals surface area contributed by atoms with Crippen LogP contribution in [0.2, 0.25) is 0 Å². The summed E-state index contributed by atoms with van der Waals surface area (Å²) >= 11 is 3.88. The summed E-state index contributed by atoms with van der Waals surface area (Å²) in [6, 6.07) is 0. The number of methoxy groups -OCH3 is 1. The number of fused-ring (bicyclic) bond motifs is 1. The van der Waals surface area contributed by atoms with Crippen molar-refractivity contribution in [1.29, 1.82) is 0 Å². The van der Waals surface area contributed by atoms with Gasteiger partial charge in [-0.1, -0.05) is 23.3 Å². The number of carboxylic acid groups (broad SMARTS) is 2. The van der Waals surface area contributed by atoms with Gasteiger partial charge in [0.1, 0.15) is 5.37 Å². The molecule has 1 unspecified atom stereocenters. The zero-order valence-electron chi connectivity index (χ0n) is 20.3. The van der Waals surface area contributed by atoms with Crippen molar-refractivity contribution in [2.45, 2.75) is 20.5 Å². The number of nitrogens with zero attached hydrogens (tertiary/aromatic N) is 5. The minimum absolute atomic E-state index is 0. The Balaban J connectivity index is 0.00000253. The zero-order valence-corrected chi connectivity index (χ0v) is 27.6. The van der Waals surface area contributed by atoms with E-state index in [1.165, 1.54) is 35.3 Å². The van der Waals surface area contributed by atoms with Crippen LogP contribution in [0.15, 0.2) is 25.4 Å². The number of ether oxygens (including phenoxy) is 1. The van der Waals surface area contributed by atoms with Crippen molar-refractivity contribution in [1.82, 2.24) is 34.8 Å². The molecule has 2 amide bonds. The Morgan fingerprint density at radius 3 is 2.53 bits per heavy atom. The summed E-state index contributed by atoms with van der Waals surface area (Å²) in [7, 11) is 2.83. The number of thioether (sulfide) groups is 3. The van der Waals surface area contributed by atoms with Crippen molar-refractivity contribution in [3.8, 4) is 0 Å². The Kier molecular flexibility index (Phi) is 12.0. The van der Waals surface area contributed by atoms with Gasteiger partial charge in [-0.25, -0.2) is 4.68 Å². The summed E-state index contributed by atoms with van der Waals surface area (Å²) in [5.74, 6) is -4.68. The summed E-state index contributed by atoms with van der Waals surface area (Å²) in [5.41, 5.74) is -3.15. The van der Waals surface area contributed by atoms with Gasteiger partial charge in [-0.2, -0.15) is 0 Å². The van der Waals surface area contributed by atoms with Crippen LogP contribution in [0.25, 0.3) is 0 Å². The summed E-state index contributed by atoms with van der Waals surface area (Å²) in [4.78, 5) is 61.4. The summed E-state index contributed by atoms with van der Waals surface area (Å²) in [5, 5.41) is 36.2. The standard InChI is InChI=1S/C17H17N7O8S4.2Na/c1-23-16(19-21-22-23)35-4-6-3-34-15-17(32-2,14(31)24(15)9(6)12(29)30)18-7(25)5-33-13-8(11(27)28)10(26)20-36-13;;/h15H,3-5H2,1-2H3,(H,18,25)(H,20,26)(H,27,28)(H,29,30);;/q;2*+1/p-2/t15?,17-;;/m0../s1. The van der Waals surface area contributed by atoms with Gasteiger partial charge in [0, 0.05) is 25.7 Å². The Bertz CT molecular complexity index is 1350. The molecule has 2 atom stereocenters. The smallest absolute Gasteiger partial charge is 0.545 e. The number of carbonyl (C=O) groups excluding carboxylic acids is 4. The molecule has 0 aliphatic carbocycles. The molecule has 21 heteroatoms. The van der Waals surface area contributed by atoms with Crippen molar-refractivity contribution in [2.75, 3.05) is 24.4 Å². The predicted molar refractivity (Wildman–Crippen MR) is 123 cm³/mol. The molecular formula is C17H15N7Na2O8S4. The number of aryl methyl sites for hydroxylation is 1. The largest absolute Gasteiger partial charge is 1.00 e. The normalized spacial score (nSPS) is 20.1. The number of β-lactam (4-membered cyclic amide) rings is 1. The number of nitrogens with one attached hydrogen (secondary N) is 2. The van der Waals surface area contributed by atoms with Gasteiger partial charge in [0.25, 0.3) is 17.2 Å². The minimum Gasteiger partial charge on any atom is -0.545 e. The van der Waals surface area contributed by atoms with Gasteiger partial charge < -0.3 is 29.9 Å². The van der Waals surface area contributed by atoms with Gasteiger partial charge in [-0.15, -0.1) is 28.6 Å². The van der Waals surface area contributed by atoms with E-state index < -0.39 is 46.0 Å². The van der Waals surface area contributed by atoms with E-state index >= 15 is 0 Å². The SMILES string of the molecule is CO[C@@]1(NC(=O)CSc2s[nH]c(=O)c2C(=O)[O-])C(=O)N2C(C(=O)[O-])=C(CSc3nnnn3C)CSC21.[Na+].[Na+]. The molecule has 0 saturated carbocycles. The third kappa shape index (κ3) is 6.22. The summed E-state index contributed by atoms with van der Waals surface area (Å²) in [6.07, 6.45) is 0. The van der Waals surface area contributed by atoms with Crippen LogP contribution >= 0.6 is 46.8 Å². The Labute approximate surface area is 275 Å². The predicted octanol–water partition coefficient (Wildman–Crippen LogP) is -9.41. The first-order valence-corrected chi connectivity index (χ1v) is 13.6. The minimum atomic E-state index is -1.84. The maximum atomic E-state index is 13.1. The third-order valence-electron chi connectivity index (χ3n) is 5.11. The second kappa shape index (κ2) is 13.7. The number of H-pyrrole nitrogens is 1. The number of amides is 2. The van der Waals surface area contributed by atoms with Gasteiger partial charge >= 0.3 is 59.1 Å². The fourth-order valence-corrected chi connectivity index (χ4v) is 7.66. The molecule has 1 fully saturated rings. The first-order valence-electron chi connectivity index (χ1n) is 9.76. The number of tetrazole rings is 1. The van der Waals surface area contributed by atoms with Crippen molar-refractivity contribution < 1.29 is 93.2 Å². The molecule has 38 heavy (non-hydrogen) atoms. The van der Waals surface area contributed by atoms with Crippen LogP contribution in [0.5, 0.6) is 0 Å². The molecule has 2 aliphatic rings. The Morgan fingerprint density at radius 1 is 1.24 bits per heavy atom. The summed E-state index contributed by atoms with van der Waals surface area (Å²) < 4.78 is 9.07. The topological polar surface area (TPSA) is 215 Å². The van der Waals surface area contributed by atoms with Gasteiger partial charge in [-0.05, 0) is 16.0 Å². The Hall–Kier alpha value is -0.870. The van der Waals surface area contributed by atoms with Crippen molar-refractivity contribution in [2.24, 2.45) is 7.05 Å². The molecular weight excluding hydrogens is 604 g/mol. The summed E-state index contributed by atoms with van der Waals surface area (Å²) in [6.45, 7) is 0. The molecule has 2 N–H and O–H groups in total. The molecule has 0 bridgehead atoms. The average molecular weight is 620 g/mol. The van der Waals surface area contributed by atoms with Crippen molar-refractivity contribution >= 4 is 70.6 Å². The molecule has 4 heterocycles. The number of aromatic amines is 1. The molecule has 15 nitrogen and oxygen atoms in total. The molecule has 0 radical (unpaired) electrons. The van der Waals surface area contributed by atoms with E-state index in [1.54, 1.807) is 7.05 Å². The molecule has 0 aromatic carbocycles. The number of hydrogen-bond donors (Lipinski definition) is 2. The molecule has 4 rings (SSSR count). The average Bonchev–Trinajstić information content (AvgIpc) is 3.43. The number of aromatic nitrogens is 5. The zero-order chi connectivity index (χ0) is 26.2. The first-order chi connectivity index (χ1) is 17.1. The van der Waals surface area contributed by atoms with Gasteiger partial charge in [-0.3, -0.25) is 23.7 Å². The number of hydrogen-bond acceptors (Lipinski definition) is 15. The Morgan fingerprint density at radius 2 is 1.95 bits per heavy atom. The van der Waals surface area contributed by atoms with E-state index in [0.29, 0.717) is 10.7 Å². The van der Waals surface area contributed by atoms with E-state index in [2.05, 4.69) is 25.2 Å². The number of carbonyl (C=O) groups is 4. The fraction of sp³-hybridized carbons (Fsp3) is 0.412. The monoisotopic (exact) mass is 619 g/mol. The van der Waals surface area contributed by atoms with Crippen LogP contribution in [0.3, 0.4) is 0 Å². The number of aromatic carboxylic acids is 1. The van der Waals surface area contributed by atoms with E-state index in [1.807, 2.05) is 0 Å². The third-order valence-corrected chi connectivity index (χ3v) is 9.74. The number of rotatable bonds is 10. The van der Waals surface area contributed by atoms with Gasteiger partial charge in [0.05, 0.1) is 33.2 Å². The maximum absolute atomic E-state index is 13.1. The van der Waals surface area contributed by atoms with E-state index in [4.69, 9.17) is 4.74 Å². The van der Waals surface area contributed by atoms with Gasteiger partial charge in [0.2, 0.25) is 11.1 Å². The van der Waals surface area contributed by atoms with Crippen molar-refractivity contribution in [3.63, 3.8) is 0 Å². The van der Waals surface area contributed by atoms with Crippen LogP contribution in [-0.4, -0.2) is 88.7 Å². The molecule has 192 valence electrons. The number of carboxylic acids is 2. The second-order valence-corrected chi connectivity index (χ2v) is 11.3. The van der Waals surface area contributed by atoms with Crippen LogP contribution in [-0.2, 0) is 26.2 Å².